The minimum Gasteiger partial charge on any atom is -0.497 e. The van der Waals surface area contributed by atoms with Gasteiger partial charge in [0, 0.05) is 58.0 Å². The molecule has 2 heterocycles. The zero-order chi connectivity index (χ0) is 22.2. The van der Waals surface area contributed by atoms with Crippen molar-refractivity contribution in [2.75, 3.05) is 77.5 Å². The maximum Gasteiger partial charge on any atom is 0.409 e. The summed E-state index contributed by atoms with van der Waals surface area (Å²) in [6, 6.07) is 8.05. The molecule has 0 spiro atoms. The van der Waals surface area contributed by atoms with Crippen LogP contribution in [0, 0.1) is 5.92 Å². The van der Waals surface area contributed by atoms with Crippen LogP contribution in [0.3, 0.4) is 0 Å². The van der Waals surface area contributed by atoms with Crippen molar-refractivity contribution in [3.05, 3.63) is 24.3 Å². The molecule has 2 saturated heterocycles. The van der Waals surface area contributed by atoms with Gasteiger partial charge < -0.3 is 24.2 Å². The van der Waals surface area contributed by atoms with Crippen LogP contribution in [0.2, 0.25) is 0 Å². The number of methoxy groups -OCH3 is 1. The number of ether oxygens (including phenoxy) is 2. The third-order valence-corrected chi connectivity index (χ3v) is 5.82. The molecule has 8 heteroatoms. The predicted molar refractivity (Wildman–Crippen MR) is 121 cm³/mol. The highest BCUT2D eigenvalue weighted by Gasteiger charge is 2.25. The van der Waals surface area contributed by atoms with Gasteiger partial charge in [0.25, 0.3) is 0 Å². The molecule has 0 aliphatic carbocycles. The Hall–Kier alpha value is -2.48. The van der Waals surface area contributed by atoms with Crippen LogP contribution >= 0.6 is 0 Å². The Kier molecular flexibility index (Phi) is 8.40. The van der Waals surface area contributed by atoms with E-state index < -0.39 is 0 Å². The Bertz CT molecular complexity index is 717. The van der Waals surface area contributed by atoms with Crippen LogP contribution in [0.25, 0.3) is 0 Å². The van der Waals surface area contributed by atoms with E-state index in [9.17, 15) is 9.59 Å². The summed E-state index contributed by atoms with van der Waals surface area (Å²) in [4.78, 5) is 33.2. The number of carbonyl (C=O) groups excluding carboxylic acids is 2. The van der Waals surface area contributed by atoms with Gasteiger partial charge in [-0.2, -0.15) is 0 Å². The summed E-state index contributed by atoms with van der Waals surface area (Å²) in [7, 11) is 1.67. The molecule has 2 aliphatic heterocycles. The number of hydrogen-bond acceptors (Lipinski definition) is 6. The topological polar surface area (TPSA) is 65.6 Å². The van der Waals surface area contributed by atoms with E-state index in [1.165, 1.54) is 0 Å². The maximum absolute atomic E-state index is 12.8. The molecule has 0 unspecified atom stereocenters. The Morgan fingerprint density at radius 2 is 1.58 bits per heavy atom. The molecule has 172 valence electrons. The van der Waals surface area contributed by atoms with E-state index >= 15 is 0 Å². The average Bonchev–Trinajstić information content (AvgIpc) is 3.03. The molecule has 0 atom stereocenters. The minimum absolute atomic E-state index is 0.171. The summed E-state index contributed by atoms with van der Waals surface area (Å²) in [5, 5.41) is 0. The Morgan fingerprint density at radius 1 is 0.903 bits per heavy atom. The normalized spacial score (nSPS) is 18.1. The molecule has 1 aromatic rings. The summed E-state index contributed by atoms with van der Waals surface area (Å²) >= 11 is 0. The standard InChI is InChI=1S/C23H36N4O4/c1-19(2)18-31-23(29)27-10-4-9-24(11-12-27)17-22(28)26-15-13-25(14-16-26)20-5-7-21(30-3)8-6-20/h5-8,19H,4,9-18H2,1-3H3. The SMILES string of the molecule is COc1ccc(N2CCN(C(=O)CN3CCCN(C(=O)OCC(C)C)CC3)CC2)cc1. The lowest BCUT2D eigenvalue weighted by Crippen LogP contribution is -2.51. The lowest BCUT2D eigenvalue weighted by atomic mass is 10.2. The Labute approximate surface area is 185 Å². The fourth-order valence-electron chi connectivity index (χ4n) is 3.94. The Balaban J connectivity index is 1.42. The number of benzene rings is 1. The second-order valence-corrected chi connectivity index (χ2v) is 8.65. The number of amides is 2. The number of anilines is 1. The van der Waals surface area contributed by atoms with Gasteiger partial charge in [-0.1, -0.05) is 13.8 Å². The highest BCUT2D eigenvalue weighted by molar-refractivity contribution is 5.78. The number of rotatable bonds is 6. The van der Waals surface area contributed by atoms with E-state index in [1.807, 2.05) is 30.9 Å². The van der Waals surface area contributed by atoms with Gasteiger partial charge in [0.05, 0.1) is 20.3 Å². The quantitative estimate of drug-likeness (QED) is 0.686. The van der Waals surface area contributed by atoms with E-state index in [-0.39, 0.29) is 12.0 Å². The molecule has 0 bridgehead atoms. The summed E-state index contributed by atoms with van der Waals surface area (Å²) in [6.45, 7) is 10.8. The molecule has 0 saturated carbocycles. The first kappa shape index (κ1) is 23.2. The predicted octanol–water partition coefficient (Wildman–Crippen LogP) is 2.14. The van der Waals surface area contributed by atoms with Gasteiger partial charge in [-0.25, -0.2) is 4.79 Å². The van der Waals surface area contributed by atoms with Crippen molar-refractivity contribution in [2.24, 2.45) is 5.92 Å². The summed E-state index contributed by atoms with van der Waals surface area (Å²) in [6.07, 6.45) is 0.617. The number of piperazine rings is 1. The van der Waals surface area contributed by atoms with Crippen LogP contribution < -0.4 is 9.64 Å². The highest BCUT2D eigenvalue weighted by atomic mass is 16.6. The van der Waals surface area contributed by atoms with Crippen molar-refractivity contribution in [3.8, 4) is 5.75 Å². The van der Waals surface area contributed by atoms with E-state index in [0.717, 1.165) is 50.6 Å². The number of nitrogens with zero attached hydrogens (tertiary/aromatic N) is 4. The zero-order valence-corrected chi connectivity index (χ0v) is 19.1. The summed E-state index contributed by atoms with van der Waals surface area (Å²) < 4.78 is 10.6. The number of hydrogen-bond donors (Lipinski definition) is 0. The first-order valence-electron chi connectivity index (χ1n) is 11.3. The summed E-state index contributed by atoms with van der Waals surface area (Å²) in [5.41, 5.74) is 1.16. The highest BCUT2D eigenvalue weighted by Crippen LogP contribution is 2.20. The van der Waals surface area contributed by atoms with Crippen molar-refractivity contribution in [2.45, 2.75) is 20.3 Å². The van der Waals surface area contributed by atoms with Gasteiger partial charge >= 0.3 is 6.09 Å². The molecule has 8 nitrogen and oxygen atoms in total. The third-order valence-electron chi connectivity index (χ3n) is 5.82. The van der Waals surface area contributed by atoms with Crippen LogP contribution in [-0.4, -0.2) is 99.3 Å². The summed E-state index contributed by atoms with van der Waals surface area (Å²) in [5.74, 6) is 1.35. The van der Waals surface area contributed by atoms with Gasteiger partial charge in [0.2, 0.25) is 5.91 Å². The van der Waals surface area contributed by atoms with Crippen molar-refractivity contribution < 1.29 is 19.1 Å². The lowest BCUT2D eigenvalue weighted by molar-refractivity contribution is -0.132. The minimum atomic E-state index is -0.239. The van der Waals surface area contributed by atoms with Crippen LogP contribution in [0.15, 0.2) is 24.3 Å². The monoisotopic (exact) mass is 432 g/mol. The molecule has 1 aromatic carbocycles. The smallest absolute Gasteiger partial charge is 0.409 e. The second-order valence-electron chi connectivity index (χ2n) is 8.65. The van der Waals surface area contributed by atoms with Crippen molar-refractivity contribution in [1.29, 1.82) is 0 Å². The van der Waals surface area contributed by atoms with Crippen LogP contribution in [-0.2, 0) is 9.53 Å². The van der Waals surface area contributed by atoms with E-state index in [1.54, 1.807) is 12.0 Å². The maximum atomic E-state index is 12.8. The number of carbonyl (C=O) groups is 2. The molecule has 0 N–H and O–H groups in total. The van der Waals surface area contributed by atoms with Gasteiger partial charge in [-0.15, -0.1) is 0 Å². The van der Waals surface area contributed by atoms with E-state index in [0.29, 0.717) is 38.7 Å². The van der Waals surface area contributed by atoms with Crippen molar-refractivity contribution in [1.82, 2.24) is 14.7 Å². The molecule has 0 aromatic heterocycles. The third kappa shape index (κ3) is 6.75. The molecular formula is C23H36N4O4. The van der Waals surface area contributed by atoms with Gasteiger partial charge in [0.15, 0.2) is 0 Å². The molecule has 2 aliphatic rings. The van der Waals surface area contributed by atoms with Crippen molar-refractivity contribution >= 4 is 17.7 Å². The van der Waals surface area contributed by atoms with E-state index in [2.05, 4.69) is 21.9 Å². The molecule has 3 rings (SSSR count). The zero-order valence-electron chi connectivity index (χ0n) is 19.1. The molecule has 0 radical (unpaired) electrons. The largest absolute Gasteiger partial charge is 0.497 e. The van der Waals surface area contributed by atoms with Gasteiger partial charge in [-0.05, 0) is 36.6 Å². The first-order chi connectivity index (χ1) is 15.0. The second kappa shape index (κ2) is 11.2. The first-order valence-corrected chi connectivity index (χ1v) is 11.3. The Morgan fingerprint density at radius 3 is 2.23 bits per heavy atom. The molecule has 2 amide bonds. The molecule has 2 fully saturated rings. The fourth-order valence-corrected chi connectivity index (χ4v) is 3.94. The van der Waals surface area contributed by atoms with Gasteiger partial charge in [-0.3, -0.25) is 9.69 Å². The van der Waals surface area contributed by atoms with Crippen molar-refractivity contribution in [3.63, 3.8) is 0 Å². The lowest BCUT2D eigenvalue weighted by Gasteiger charge is -2.37. The van der Waals surface area contributed by atoms with Crippen LogP contribution in [0.4, 0.5) is 10.5 Å². The van der Waals surface area contributed by atoms with Crippen LogP contribution in [0.1, 0.15) is 20.3 Å². The van der Waals surface area contributed by atoms with E-state index in [4.69, 9.17) is 9.47 Å². The molecule has 31 heavy (non-hydrogen) atoms. The van der Waals surface area contributed by atoms with Crippen LogP contribution in [0.5, 0.6) is 5.75 Å². The van der Waals surface area contributed by atoms with Gasteiger partial charge in [0.1, 0.15) is 5.75 Å². The average molecular weight is 433 g/mol. The molecular weight excluding hydrogens is 396 g/mol. The fraction of sp³-hybridized carbons (Fsp3) is 0.652.